The van der Waals surface area contributed by atoms with E-state index in [1.165, 1.54) is 23.5 Å². The van der Waals surface area contributed by atoms with Gasteiger partial charge in [0.2, 0.25) is 0 Å². The number of piperazine rings is 1. The largest absolute Gasteiger partial charge is 0.468 e. The lowest BCUT2D eigenvalue weighted by molar-refractivity contribution is 0.0625. The number of benzene rings is 1. The van der Waals surface area contributed by atoms with E-state index in [4.69, 9.17) is 4.42 Å². The fourth-order valence-electron chi connectivity index (χ4n) is 3.01. The Bertz CT molecular complexity index is 851. The van der Waals surface area contributed by atoms with Gasteiger partial charge in [-0.05, 0) is 41.8 Å². The van der Waals surface area contributed by atoms with Gasteiger partial charge in [-0.15, -0.1) is 11.3 Å². The number of hydrogen-bond donors (Lipinski definition) is 0. The van der Waals surface area contributed by atoms with Gasteiger partial charge in [0, 0.05) is 30.9 Å². The number of amides is 1. The number of rotatable bonds is 3. The van der Waals surface area contributed by atoms with Crippen molar-refractivity contribution in [3.63, 3.8) is 0 Å². The second kappa shape index (κ2) is 6.37. The highest BCUT2D eigenvalue weighted by molar-refractivity contribution is 7.20. The molecule has 2 aromatic heterocycles. The second-order valence-corrected chi connectivity index (χ2v) is 7.02. The summed E-state index contributed by atoms with van der Waals surface area (Å²) in [6, 6.07) is 10.3. The first-order chi connectivity index (χ1) is 11.7. The fraction of sp³-hybridized carbons (Fsp3) is 0.278. The molecule has 1 aliphatic rings. The van der Waals surface area contributed by atoms with Crippen LogP contribution in [0.1, 0.15) is 15.4 Å². The van der Waals surface area contributed by atoms with Gasteiger partial charge < -0.3 is 9.32 Å². The van der Waals surface area contributed by atoms with Crippen molar-refractivity contribution in [3.05, 3.63) is 59.1 Å². The van der Waals surface area contributed by atoms with Gasteiger partial charge >= 0.3 is 0 Å². The Kier molecular flexibility index (Phi) is 4.08. The van der Waals surface area contributed by atoms with Crippen molar-refractivity contribution < 1.29 is 13.6 Å². The molecule has 124 valence electrons. The minimum atomic E-state index is -0.272. The van der Waals surface area contributed by atoms with Crippen molar-refractivity contribution in [1.29, 1.82) is 0 Å². The zero-order valence-electron chi connectivity index (χ0n) is 13.1. The zero-order valence-corrected chi connectivity index (χ0v) is 13.9. The van der Waals surface area contributed by atoms with Crippen LogP contribution in [0.3, 0.4) is 0 Å². The highest BCUT2D eigenvalue weighted by atomic mass is 32.1. The van der Waals surface area contributed by atoms with Crippen LogP contribution >= 0.6 is 11.3 Å². The number of furan rings is 1. The van der Waals surface area contributed by atoms with Crippen molar-refractivity contribution in [2.24, 2.45) is 0 Å². The number of thiophene rings is 1. The van der Waals surface area contributed by atoms with E-state index in [1.807, 2.05) is 17.0 Å². The standard InChI is InChI=1S/C18H17FN2O2S/c19-14-3-4-16-13(10-14)11-17(24-16)18(22)21-7-5-20(6-8-21)12-15-2-1-9-23-15/h1-4,9-11H,5-8,12H2. The highest BCUT2D eigenvalue weighted by Gasteiger charge is 2.23. The summed E-state index contributed by atoms with van der Waals surface area (Å²) in [4.78, 5) is 17.5. The van der Waals surface area contributed by atoms with Crippen molar-refractivity contribution in [1.82, 2.24) is 9.80 Å². The first-order valence-corrected chi connectivity index (χ1v) is 8.74. The van der Waals surface area contributed by atoms with Crippen LogP contribution in [0.5, 0.6) is 0 Å². The number of carbonyl (C=O) groups is 1. The minimum Gasteiger partial charge on any atom is -0.468 e. The van der Waals surface area contributed by atoms with Gasteiger partial charge in [0.05, 0.1) is 17.7 Å². The van der Waals surface area contributed by atoms with Gasteiger partial charge in [-0.25, -0.2) is 4.39 Å². The Morgan fingerprint density at radius 3 is 2.75 bits per heavy atom. The Hall–Kier alpha value is -2.18. The summed E-state index contributed by atoms with van der Waals surface area (Å²) in [5.41, 5.74) is 0. The summed E-state index contributed by atoms with van der Waals surface area (Å²) in [6.45, 7) is 3.82. The molecule has 3 aromatic rings. The number of halogens is 1. The maximum absolute atomic E-state index is 13.3. The maximum atomic E-state index is 13.3. The van der Waals surface area contributed by atoms with Crippen molar-refractivity contribution in [3.8, 4) is 0 Å². The van der Waals surface area contributed by atoms with E-state index >= 15 is 0 Å². The average molecular weight is 344 g/mol. The number of fused-ring (bicyclic) bond motifs is 1. The first-order valence-electron chi connectivity index (χ1n) is 7.92. The molecule has 0 unspecified atom stereocenters. The van der Waals surface area contributed by atoms with Gasteiger partial charge in [0.15, 0.2) is 0 Å². The predicted octanol–water partition coefficient (Wildman–Crippen LogP) is 3.59. The van der Waals surface area contributed by atoms with Crippen LogP contribution in [0.25, 0.3) is 10.1 Å². The molecule has 0 atom stereocenters. The third-order valence-corrected chi connectivity index (χ3v) is 5.41. The maximum Gasteiger partial charge on any atom is 0.264 e. The summed E-state index contributed by atoms with van der Waals surface area (Å²) >= 11 is 1.43. The molecule has 0 N–H and O–H groups in total. The molecule has 0 saturated carbocycles. The molecule has 1 saturated heterocycles. The first kappa shape index (κ1) is 15.4. The lowest BCUT2D eigenvalue weighted by Gasteiger charge is -2.34. The SMILES string of the molecule is O=C(c1cc2cc(F)ccc2s1)N1CCN(Cc2ccco2)CC1. The quantitative estimate of drug-likeness (QED) is 0.728. The van der Waals surface area contributed by atoms with Gasteiger partial charge in [-0.3, -0.25) is 9.69 Å². The highest BCUT2D eigenvalue weighted by Crippen LogP contribution is 2.27. The summed E-state index contributed by atoms with van der Waals surface area (Å²) in [6.07, 6.45) is 1.68. The molecule has 4 nitrogen and oxygen atoms in total. The lowest BCUT2D eigenvalue weighted by Crippen LogP contribution is -2.48. The van der Waals surface area contributed by atoms with E-state index in [9.17, 15) is 9.18 Å². The minimum absolute atomic E-state index is 0.0363. The van der Waals surface area contributed by atoms with Crippen LogP contribution in [-0.2, 0) is 6.54 Å². The smallest absolute Gasteiger partial charge is 0.264 e. The third kappa shape index (κ3) is 3.07. The summed E-state index contributed by atoms with van der Waals surface area (Å²) in [5, 5.41) is 0.791. The number of nitrogens with zero attached hydrogens (tertiary/aromatic N) is 2. The van der Waals surface area contributed by atoms with Crippen LogP contribution in [0.4, 0.5) is 4.39 Å². The molecule has 6 heteroatoms. The zero-order chi connectivity index (χ0) is 16.5. The Morgan fingerprint density at radius 1 is 1.17 bits per heavy atom. The number of carbonyl (C=O) groups excluding carboxylic acids is 1. The molecular weight excluding hydrogens is 327 g/mol. The van der Waals surface area contributed by atoms with E-state index < -0.39 is 0 Å². The molecular formula is C18H17FN2O2S. The van der Waals surface area contributed by atoms with E-state index in [2.05, 4.69) is 4.90 Å². The molecule has 0 bridgehead atoms. The van der Waals surface area contributed by atoms with Crippen LogP contribution in [0.2, 0.25) is 0 Å². The normalized spacial score (nSPS) is 16.0. The Morgan fingerprint density at radius 2 is 2.00 bits per heavy atom. The van der Waals surface area contributed by atoms with E-state index in [0.717, 1.165) is 35.5 Å². The van der Waals surface area contributed by atoms with Crippen molar-refractivity contribution in [2.45, 2.75) is 6.54 Å². The van der Waals surface area contributed by atoms with Gasteiger partial charge in [0.25, 0.3) is 5.91 Å². The molecule has 1 fully saturated rings. The molecule has 1 aliphatic heterocycles. The molecule has 4 rings (SSSR count). The van der Waals surface area contributed by atoms with Gasteiger partial charge in [0.1, 0.15) is 11.6 Å². The molecule has 0 spiro atoms. The lowest BCUT2D eigenvalue weighted by atomic mass is 10.2. The Labute approximate surface area is 143 Å². The molecule has 1 amide bonds. The van der Waals surface area contributed by atoms with Crippen molar-refractivity contribution >= 4 is 27.3 Å². The van der Waals surface area contributed by atoms with Crippen LogP contribution in [0.15, 0.2) is 47.1 Å². The monoisotopic (exact) mass is 344 g/mol. The average Bonchev–Trinajstić information content (AvgIpc) is 3.24. The number of hydrogen-bond acceptors (Lipinski definition) is 4. The molecule has 3 heterocycles. The van der Waals surface area contributed by atoms with E-state index in [-0.39, 0.29) is 11.7 Å². The van der Waals surface area contributed by atoms with Gasteiger partial charge in [-0.2, -0.15) is 0 Å². The fourth-order valence-corrected chi connectivity index (χ4v) is 4.02. The van der Waals surface area contributed by atoms with Crippen molar-refractivity contribution in [2.75, 3.05) is 26.2 Å². The van der Waals surface area contributed by atoms with E-state index in [1.54, 1.807) is 18.4 Å². The molecule has 0 radical (unpaired) electrons. The molecule has 0 aliphatic carbocycles. The summed E-state index contributed by atoms with van der Waals surface area (Å²) in [7, 11) is 0. The second-order valence-electron chi connectivity index (χ2n) is 5.94. The van der Waals surface area contributed by atoms with E-state index in [0.29, 0.717) is 18.0 Å². The third-order valence-electron chi connectivity index (χ3n) is 4.31. The molecule has 1 aromatic carbocycles. The Balaban J connectivity index is 1.41. The summed E-state index contributed by atoms with van der Waals surface area (Å²) in [5.74, 6) is 0.710. The molecule has 24 heavy (non-hydrogen) atoms. The topological polar surface area (TPSA) is 36.7 Å². The summed E-state index contributed by atoms with van der Waals surface area (Å²) < 4.78 is 19.6. The van der Waals surface area contributed by atoms with Crippen LogP contribution in [-0.4, -0.2) is 41.9 Å². The van der Waals surface area contributed by atoms with Crippen LogP contribution < -0.4 is 0 Å². The predicted molar refractivity (Wildman–Crippen MR) is 91.7 cm³/mol. The van der Waals surface area contributed by atoms with Gasteiger partial charge in [-0.1, -0.05) is 0 Å². The van der Waals surface area contributed by atoms with Crippen LogP contribution in [0, 0.1) is 5.82 Å².